The first-order valence-corrected chi connectivity index (χ1v) is 9.60. The van der Waals surface area contributed by atoms with Crippen molar-refractivity contribution >= 4 is 22.7 Å². The van der Waals surface area contributed by atoms with Gasteiger partial charge in [-0.15, -0.1) is 0 Å². The number of hydrogen-bond donors (Lipinski definition) is 2. The lowest BCUT2D eigenvalue weighted by Crippen LogP contribution is -2.20. The number of amides is 1. The average molecular weight is 360 g/mol. The number of imidazole rings is 1. The summed E-state index contributed by atoms with van der Waals surface area (Å²) in [5.74, 6) is 0.614. The molecule has 138 valence electrons. The molecular weight excluding hydrogens is 336 g/mol. The molecule has 2 aromatic carbocycles. The highest BCUT2D eigenvalue weighted by Crippen LogP contribution is 2.32. The van der Waals surface area contributed by atoms with Crippen molar-refractivity contribution in [2.75, 3.05) is 0 Å². The van der Waals surface area contributed by atoms with Gasteiger partial charge in [0.25, 0.3) is 0 Å². The number of aromatic amines is 1. The number of para-hydroxylation sites is 2. The molecule has 1 heterocycles. The second-order valence-electron chi connectivity index (χ2n) is 7.20. The van der Waals surface area contributed by atoms with Gasteiger partial charge in [0.15, 0.2) is 5.82 Å². The van der Waals surface area contributed by atoms with Gasteiger partial charge in [-0.05, 0) is 48.9 Å². The monoisotopic (exact) mass is 360 g/mol. The Kier molecular flexibility index (Phi) is 5.01. The molecule has 0 spiro atoms. The van der Waals surface area contributed by atoms with Gasteiger partial charge >= 0.3 is 5.91 Å². The second kappa shape index (κ2) is 7.74. The SMILES string of the molecule is C/C(=N\NC(=O)c1nc2ccccc2[nH]1)c1ccc(C2CCCCC2)cc1. The van der Waals surface area contributed by atoms with E-state index in [0.717, 1.165) is 22.3 Å². The van der Waals surface area contributed by atoms with E-state index >= 15 is 0 Å². The van der Waals surface area contributed by atoms with Gasteiger partial charge in [-0.2, -0.15) is 5.10 Å². The first-order valence-electron chi connectivity index (χ1n) is 9.60. The number of benzene rings is 2. The maximum atomic E-state index is 12.3. The minimum atomic E-state index is -0.343. The molecule has 0 atom stereocenters. The van der Waals surface area contributed by atoms with Crippen LogP contribution in [0.1, 0.15) is 66.7 Å². The van der Waals surface area contributed by atoms with Crippen LogP contribution in [0.5, 0.6) is 0 Å². The molecule has 0 unspecified atom stereocenters. The maximum Gasteiger partial charge on any atom is 0.307 e. The molecular formula is C22H24N4O. The minimum absolute atomic E-state index is 0.264. The molecule has 4 rings (SSSR count). The van der Waals surface area contributed by atoms with Crippen molar-refractivity contribution in [1.29, 1.82) is 0 Å². The van der Waals surface area contributed by atoms with Crippen LogP contribution >= 0.6 is 0 Å². The smallest absolute Gasteiger partial charge is 0.307 e. The van der Waals surface area contributed by atoms with E-state index in [-0.39, 0.29) is 11.7 Å². The number of nitrogens with zero attached hydrogens (tertiary/aromatic N) is 2. The molecule has 5 heteroatoms. The Labute approximate surface area is 158 Å². The second-order valence-corrected chi connectivity index (χ2v) is 7.20. The average Bonchev–Trinajstić information content (AvgIpc) is 3.17. The quantitative estimate of drug-likeness (QED) is 0.520. The number of hydrazone groups is 1. The third kappa shape index (κ3) is 3.92. The highest BCUT2D eigenvalue weighted by molar-refractivity contribution is 6.00. The number of fused-ring (bicyclic) bond motifs is 1. The third-order valence-corrected chi connectivity index (χ3v) is 5.33. The number of nitrogens with one attached hydrogen (secondary N) is 2. The predicted molar refractivity (Wildman–Crippen MR) is 108 cm³/mol. The molecule has 27 heavy (non-hydrogen) atoms. The van der Waals surface area contributed by atoms with Crippen molar-refractivity contribution in [1.82, 2.24) is 15.4 Å². The highest BCUT2D eigenvalue weighted by atomic mass is 16.2. The molecule has 5 nitrogen and oxygen atoms in total. The van der Waals surface area contributed by atoms with Crippen LogP contribution in [0.25, 0.3) is 11.0 Å². The van der Waals surface area contributed by atoms with Crippen molar-refractivity contribution < 1.29 is 4.79 Å². The van der Waals surface area contributed by atoms with E-state index in [9.17, 15) is 4.79 Å². The van der Waals surface area contributed by atoms with Gasteiger partial charge in [-0.1, -0.05) is 55.7 Å². The van der Waals surface area contributed by atoms with Crippen LogP contribution < -0.4 is 5.43 Å². The Morgan fingerprint density at radius 3 is 2.56 bits per heavy atom. The standard InChI is InChI=1S/C22H24N4O/c1-15(16-11-13-18(14-12-16)17-7-3-2-4-8-17)25-26-22(27)21-23-19-9-5-6-10-20(19)24-21/h5-6,9-14,17H,2-4,7-8H2,1H3,(H,23,24)(H,26,27)/b25-15+. The molecule has 1 aromatic heterocycles. The Hall–Kier alpha value is -2.95. The molecule has 2 N–H and O–H groups in total. The topological polar surface area (TPSA) is 70.1 Å². The van der Waals surface area contributed by atoms with Gasteiger partial charge in [0.2, 0.25) is 0 Å². The van der Waals surface area contributed by atoms with Crippen LogP contribution in [0, 0.1) is 0 Å². The fraction of sp³-hybridized carbons (Fsp3) is 0.318. The van der Waals surface area contributed by atoms with Crippen molar-refractivity contribution in [2.24, 2.45) is 5.10 Å². The van der Waals surface area contributed by atoms with Crippen molar-refractivity contribution in [2.45, 2.75) is 44.9 Å². The maximum absolute atomic E-state index is 12.3. The molecule has 1 fully saturated rings. The van der Waals surface area contributed by atoms with E-state index in [1.165, 1.54) is 37.7 Å². The Balaban J connectivity index is 1.43. The number of H-pyrrole nitrogens is 1. The molecule has 0 bridgehead atoms. The lowest BCUT2D eigenvalue weighted by molar-refractivity contribution is 0.0946. The van der Waals surface area contributed by atoms with Gasteiger partial charge in [-0.25, -0.2) is 10.4 Å². The number of hydrogen-bond acceptors (Lipinski definition) is 3. The Bertz CT molecular complexity index is 932. The summed E-state index contributed by atoms with van der Waals surface area (Å²) in [7, 11) is 0. The van der Waals surface area contributed by atoms with Gasteiger partial charge in [-0.3, -0.25) is 4.79 Å². The molecule has 3 aromatic rings. The summed E-state index contributed by atoms with van der Waals surface area (Å²) < 4.78 is 0. The zero-order valence-electron chi connectivity index (χ0n) is 15.5. The zero-order chi connectivity index (χ0) is 18.6. The van der Waals surface area contributed by atoms with Crippen molar-refractivity contribution in [3.63, 3.8) is 0 Å². The van der Waals surface area contributed by atoms with Gasteiger partial charge < -0.3 is 4.98 Å². The minimum Gasteiger partial charge on any atom is -0.334 e. The zero-order valence-corrected chi connectivity index (χ0v) is 15.5. The van der Waals surface area contributed by atoms with Crippen LogP contribution in [0.4, 0.5) is 0 Å². The molecule has 0 aliphatic heterocycles. The number of aromatic nitrogens is 2. The summed E-state index contributed by atoms with van der Waals surface area (Å²) in [5, 5.41) is 4.24. The van der Waals surface area contributed by atoms with Crippen LogP contribution in [0.2, 0.25) is 0 Å². The van der Waals surface area contributed by atoms with Crippen LogP contribution in [0.15, 0.2) is 53.6 Å². The first-order chi connectivity index (χ1) is 13.2. The summed E-state index contributed by atoms with van der Waals surface area (Å²) in [5.41, 5.74) is 7.39. The Morgan fingerprint density at radius 1 is 1.07 bits per heavy atom. The molecule has 1 aliphatic carbocycles. The number of rotatable bonds is 4. The molecule has 1 saturated carbocycles. The van der Waals surface area contributed by atoms with Crippen molar-refractivity contribution in [3.05, 3.63) is 65.5 Å². The van der Waals surface area contributed by atoms with E-state index in [0.29, 0.717) is 5.92 Å². The normalized spacial score (nSPS) is 15.8. The van der Waals surface area contributed by atoms with Crippen molar-refractivity contribution in [3.8, 4) is 0 Å². The van der Waals surface area contributed by atoms with E-state index in [2.05, 4.69) is 44.8 Å². The third-order valence-electron chi connectivity index (χ3n) is 5.33. The number of carbonyl (C=O) groups excluding carboxylic acids is 1. The molecule has 1 amide bonds. The fourth-order valence-electron chi connectivity index (χ4n) is 3.74. The van der Waals surface area contributed by atoms with Crippen LogP contribution in [-0.4, -0.2) is 21.6 Å². The van der Waals surface area contributed by atoms with E-state index in [1.54, 1.807) is 0 Å². The van der Waals surface area contributed by atoms with E-state index in [4.69, 9.17) is 0 Å². The van der Waals surface area contributed by atoms with Crippen LogP contribution in [-0.2, 0) is 0 Å². The van der Waals surface area contributed by atoms with Gasteiger partial charge in [0.05, 0.1) is 16.7 Å². The van der Waals surface area contributed by atoms with E-state index in [1.807, 2.05) is 31.2 Å². The molecule has 1 aliphatic rings. The summed E-state index contributed by atoms with van der Waals surface area (Å²) in [4.78, 5) is 19.6. The molecule has 0 radical (unpaired) electrons. The first kappa shape index (κ1) is 17.5. The Morgan fingerprint density at radius 2 is 1.81 bits per heavy atom. The number of carbonyl (C=O) groups is 1. The van der Waals surface area contributed by atoms with Crippen LogP contribution in [0.3, 0.4) is 0 Å². The summed E-state index contributed by atoms with van der Waals surface area (Å²) in [6.45, 7) is 1.90. The summed E-state index contributed by atoms with van der Waals surface area (Å²) in [6.07, 6.45) is 6.62. The van der Waals surface area contributed by atoms with E-state index < -0.39 is 0 Å². The lowest BCUT2D eigenvalue weighted by Gasteiger charge is -2.22. The summed E-state index contributed by atoms with van der Waals surface area (Å²) in [6, 6.07) is 16.1. The predicted octanol–water partition coefficient (Wildman–Crippen LogP) is 4.76. The largest absolute Gasteiger partial charge is 0.334 e. The fourth-order valence-corrected chi connectivity index (χ4v) is 3.74. The van der Waals surface area contributed by atoms with Gasteiger partial charge in [0, 0.05) is 0 Å². The summed E-state index contributed by atoms with van der Waals surface area (Å²) >= 11 is 0. The lowest BCUT2D eigenvalue weighted by atomic mass is 9.84. The van der Waals surface area contributed by atoms with Gasteiger partial charge in [0.1, 0.15) is 0 Å². The highest BCUT2D eigenvalue weighted by Gasteiger charge is 2.15. The molecule has 0 saturated heterocycles.